The number of aromatic nitrogens is 1. The van der Waals surface area contributed by atoms with Crippen molar-refractivity contribution in [1.29, 1.82) is 0 Å². The molecule has 6 heteroatoms. The van der Waals surface area contributed by atoms with Crippen LogP contribution in [-0.4, -0.2) is 21.5 Å². The first-order chi connectivity index (χ1) is 10.5. The van der Waals surface area contributed by atoms with Gasteiger partial charge >= 0.3 is 0 Å². The maximum absolute atomic E-state index is 11.9. The van der Waals surface area contributed by atoms with Crippen molar-refractivity contribution in [3.05, 3.63) is 59.4 Å². The predicted molar refractivity (Wildman–Crippen MR) is 87.4 cm³/mol. The first-order valence-corrected chi connectivity index (χ1v) is 7.08. The molecule has 22 heavy (non-hydrogen) atoms. The van der Waals surface area contributed by atoms with Crippen LogP contribution in [0.4, 0.5) is 0 Å². The average molecular weight is 311 g/mol. The van der Waals surface area contributed by atoms with Gasteiger partial charge in [-0.3, -0.25) is 20.2 Å². The van der Waals surface area contributed by atoms with Gasteiger partial charge < -0.3 is 4.57 Å². The van der Waals surface area contributed by atoms with Gasteiger partial charge in [0.2, 0.25) is 0 Å². The standard InChI is InChI=1S/C16H13N3O2S/c1-10-4-6-11(7-5-10)19-8-2-3-12(19)9-13-14(20)17-16(22)18-15(13)21/h2-9H,1H3,(H2,17,18,20,21,22). The Morgan fingerprint density at radius 1 is 1.05 bits per heavy atom. The van der Waals surface area contributed by atoms with E-state index in [-0.39, 0.29) is 10.7 Å². The molecule has 1 aromatic heterocycles. The third-order valence-corrected chi connectivity index (χ3v) is 3.53. The Morgan fingerprint density at radius 2 is 1.68 bits per heavy atom. The molecule has 2 N–H and O–H groups in total. The van der Waals surface area contributed by atoms with Gasteiger partial charge in [-0.25, -0.2) is 0 Å². The molecular formula is C16H13N3O2S. The summed E-state index contributed by atoms with van der Waals surface area (Å²) in [5.74, 6) is -0.990. The van der Waals surface area contributed by atoms with Crippen molar-refractivity contribution in [2.75, 3.05) is 0 Å². The van der Waals surface area contributed by atoms with Gasteiger partial charge in [-0.15, -0.1) is 0 Å². The quantitative estimate of drug-likeness (QED) is 0.504. The summed E-state index contributed by atoms with van der Waals surface area (Å²) in [4.78, 5) is 23.8. The molecule has 1 aliphatic rings. The monoisotopic (exact) mass is 311 g/mol. The van der Waals surface area contributed by atoms with Crippen LogP contribution in [0.5, 0.6) is 0 Å². The Balaban J connectivity index is 2.00. The molecule has 5 nitrogen and oxygen atoms in total. The molecule has 2 heterocycles. The van der Waals surface area contributed by atoms with Gasteiger partial charge in [-0.05, 0) is 49.5 Å². The number of rotatable bonds is 2. The van der Waals surface area contributed by atoms with Crippen LogP contribution < -0.4 is 10.6 Å². The highest BCUT2D eigenvalue weighted by Gasteiger charge is 2.26. The number of benzene rings is 1. The highest BCUT2D eigenvalue weighted by Crippen LogP contribution is 2.17. The second-order valence-electron chi connectivity index (χ2n) is 4.93. The summed E-state index contributed by atoms with van der Waals surface area (Å²) in [5.41, 5.74) is 2.88. The fourth-order valence-corrected chi connectivity index (χ4v) is 2.39. The molecule has 0 saturated carbocycles. The smallest absolute Gasteiger partial charge is 0.263 e. The SMILES string of the molecule is Cc1ccc(-n2cccc2C=C2C(=O)NC(=S)NC2=O)cc1. The number of hydrogen-bond acceptors (Lipinski definition) is 3. The summed E-state index contributed by atoms with van der Waals surface area (Å²) in [7, 11) is 0. The molecule has 2 amide bonds. The van der Waals surface area contributed by atoms with E-state index in [9.17, 15) is 9.59 Å². The molecular weight excluding hydrogens is 298 g/mol. The van der Waals surface area contributed by atoms with Crippen LogP contribution in [0.3, 0.4) is 0 Å². The molecule has 0 aliphatic carbocycles. The zero-order chi connectivity index (χ0) is 15.7. The van der Waals surface area contributed by atoms with Crippen molar-refractivity contribution in [2.24, 2.45) is 0 Å². The van der Waals surface area contributed by atoms with E-state index in [1.165, 1.54) is 0 Å². The maximum Gasteiger partial charge on any atom is 0.263 e. The van der Waals surface area contributed by atoms with Crippen LogP contribution in [0.2, 0.25) is 0 Å². The summed E-state index contributed by atoms with van der Waals surface area (Å²) < 4.78 is 1.90. The zero-order valence-corrected chi connectivity index (χ0v) is 12.6. The van der Waals surface area contributed by atoms with Crippen LogP contribution >= 0.6 is 12.2 Å². The fraction of sp³-hybridized carbons (Fsp3) is 0.0625. The van der Waals surface area contributed by atoms with Gasteiger partial charge in [0.05, 0.1) is 0 Å². The minimum absolute atomic E-state index is 0.0284. The summed E-state index contributed by atoms with van der Waals surface area (Å²) in [5, 5.41) is 4.87. The van der Waals surface area contributed by atoms with Crippen molar-refractivity contribution < 1.29 is 9.59 Å². The van der Waals surface area contributed by atoms with Gasteiger partial charge in [0.25, 0.3) is 11.8 Å². The minimum atomic E-state index is -0.495. The van der Waals surface area contributed by atoms with Crippen molar-refractivity contribution in [1.82, 2.24) is 15.2 Å². The average Bonchev–Trinajstić information content (AvgIpc) is 2.92. The maximum atomic E-state index is 11.9. The Labute approximate surface area is 132 Å². The van der Waals surface area contributed by atoms with E-state index < -0.39 is 11.8 Å². The molecule has 0 atom stereocenters. The molecule has 2 aromatic rings. The van der Waals surface area contributed by atoms with E-state index in [1.807, 2.05) is 54.1 Å². The number of carbonyl (C=O) groups is 2. The lowest BCUT2D eigenvalue weighted by Gasteiger charge is -2.16. The molecule has 1 aromatic carbocycles. The van der Waals surface area contributed by atoms with Crippen molar-refractivity contribution in [2.45, 2.75) is 6.92 Å². The van der Waals surface area contributed by atoms with Crippen molar-refractivity contribution in [3.8, 4) is 5.69 Å². The molecule has 0 spiro atoms. The van der Waals surface area contributed by atoms with Crippen molar-refractivity contribution >= 4 is 35.2 Å². The third kappa shape index (κ3) is 2.68. The van der Waals surface area contributed by atoms with Gasteiger partial charge in [0, 0.05) is 17.6 Å². The van der Waals surface area contributed by atoms with Gasteiger partial charge in [0.1, 0.15) is 5.57 Å². The Kier molecular flexibility index (Phi) is 3.60. The topological polar surface area (TPSA) is 63.1 Å². The van der Waals surface area contributed by atoms with Crippen LogP contribution in [0.25, 0.3) is 11.8 Å². The molecule has 0 radical (unpaired) electrons. The minimum Gasteiger partial charge on any atom is -0.317 e. The lowest BCUT2D eigenvalue weighted by atomic mass is 10.1. The number of nitrogens with zero attached hydrogens (tertiary/aromatic N) is 1. The number of amides is 2. The van der Waals surface area contributed by atoms with Crippen molar-refractivity contribution in [3.63, 3.8) is 0 Å². The van der Waals surface area contributed by atoms with E-state index in [0.717, 1.165) is 16.9 Å². The zero-order valence-electron chi connectivity index (χ0n) is 11.8. The molecule has 110 valence electrons. The Hall–Kier alpha value is -2.73. The van der Waals surface area contributed by atoms with Crippen LogP contribution in [-0.2, 0) is 9.59 Å². The fourth-order valence-electron chi connectivity index (χ4n) is 2.21. The van der Waals surface area contributed by atoms with Gasteiger partial charge in [-0.1, -0.05) is 17.7 Å². The predicted octanol–water partition coefficient (Wildman–Crippen LogP) is 1.70. The van der Waals surface area contributed by atoms with E-state index in [4.69, 9.17) is 12.2 Å². The number of carbonyl (C=O) groups excluding carboxylic acids is 2. The molecule has 3 rings (SSSR count). The number of aryl methyl sites for hydroxylation is 1. The summed E-state index contributed by atoms with van der Waals surface area (Å²) in [6, 6.07) is 11.7. The molecule has 1 fully saturated rings. The highest BCUT2D eigenvalue weighted by molar-refractivity contribution is 7.80. The normalized spacial score (nSPS) is 14.6. The first kappa shape index (κ1) is 14.2. The Morgan fingerprint density at radius 3 is 2.32 bits per heavy atom. The highest BCUT2D eigenvalue weighted by atomic mass is 32.1. The van der Waals surface area contributed by atoms with Gasteiger partial charge in [0.15, 0.2) is 5.11 Å². The lowest BCUT2D eigenvalue weighted by molar-refractivity contribution is -0.123. The summed E-state index contributed by atoms with van der Waals surface area (Å²) >= 11 is 4.78. The van der Waals surface area contributed by atoms with E-state index in [1.54, 1.807) is 6.08 Å². The summed E-state index contributed by atoms with van der Waals surface area (Å²) in [6.07, 6.45) is 3.42. The molecule has 1 saturated heterocycles. The first-order valence-electron chi connectivity index (χ1n) is 6.67. The summed E-state index contributed by atoms with van der Waals surface area (Å²) in [6.45, 7) is 2.02. The van der Waals surface area contributed by atoms with Crippen LogP contribution in [0.15, 0.2) is 48.2 Å². The van der Waals surface area contributed by atoms with Gasteiger partial charge in [-0.2, -0.15) is 0 Å². The molecule has 0 bridgehead atoms. The van der Waals surface area contributed by atoms with E-state index >= 15 is 0 Å². The number of hydrogen-bond donors (Lipinski definition) is 2. The van der Waals surface area contributed by atoms with E-state index in [2.05, 4.69) is 10.6 Å². The van der Waals surface area contributed by atoms with Crippen LogP contribution in [0.1, 0.15) is 11.3 Å². The molecule has 0 unspecified atom stereocenters. The Bertz CT molecular complexity index is 781. The number of thiocarbonyl (C=S) groups is 1. The second kappa shape index (κ2) is 5.57. The molecule has 1 aliphatic heterocycles. The third-order valence-electron chi connectivity index (χ3n) is 3.33. The lowest BCUT2D eigenvalue weighted by Crippen LogP contribution is -2.51. The van der Waals surface area contributed by atoms with Crippen LogP contribution in [0, 0.1) is 6.92 Å². The number of nitrogens with one attached hydrogen (secondary N) is 2. The largest absolute Gasteiger partial charge is 0.317 e. The second-order valence-corrected chi connectivity index (χ2v) is 5.34. The van der Waals surface area contributed by atoms with E-state index in [0.29, 0.717) is 0 Å².